The fourth-order valence-electron chi connectivity index (χ4n) is 2.07. The van der Waals surface area contributed by atoms with Crippen molar-refractivity contribution in [1.82, 2.24) is 4.98 Å². The van der Waals surface area contributed by atoms with E-state index in [0.29, 0.717) is 0 Å². The van der Waals surface area contributed by atoms with Gasteiger partial charge in [0, 0.05) is 0 Å². The van der Waals surface area contributed by atoms with Crippen molar-refractivity contribution in [2.24, 2.45) is 0 Å². The third kappa shape index (κ3) is 2.85. The Morgan fingerprint density at radius 3 is 2.21 bits per heavy atom. The maximum Gasteiger partial charge on any atom is 0.193 e. The molecule has 5 heteroatoms. The van der Waals surface area contributed by atoms with E-state index in [1.54, 1.807) is 11.3 Å². The molecule has 1 aromatic rings. The minimum atomic E-state index is -1.75. The predicted molar refractivity (Wildman–Crippen MR) is 88.4 cm³/mol. The van der Waals surface area contributed by atoms with Crippen LogP contribution in [0.5, 0.6) is 0 Å². The third-order valence-electron chi connectivity index (χ3n) is 4.55. The second-order valence-electron chi connectivity index (χ2n) is 7.09. The molecule has 1 aliphatic carbocycles. The maximum absolute atomic E-state index is 6.75. The van der Waals surface area contributed by atoms with Crippen LogP contribution in [-0.4, -0.2) is 13.3 Å². The number of aromatic nitrogens is 1. The van der Waals surface area contributed by atoms with Gasteiger partial charge in [-0.05, 0) is 60.2 Å². The van der Waals surface area contributed by atoms with Crippen molar-refractivity contribution in [3.05, 3.63) is 14.5 Å². The van der Waals surface area contributed by atoms with E-state index >= 15 is 0 Å². The molecule has 1 saturated carbocycles. The van der Waals surface area contributed by atoms with Gasteiger partial charge in [0.2, 0.25) is 0 Å². The van der Waals surface area contributed by atoms with E-state index < -0.39 is 8.32 Å². The van der Waals surface area contributed by atoms with Crippen molar-refractivity contribution in [3.8, 4) is 0 Å². The zero-order valence-corrected chi connectivity index (χ0v) is 16.2. The lowest BCUT2D eigenvalue weighted by atomic mass is 9.81. The Labute approximate surface area is 130 Å². The van der Waals surface area contributed by atoms with Gasteiger partial charge in [0.25, 0.3) is 0 Å². The minimum absolute atomic E-state index is 0.0928. The van der Waals surface area contributed by atoms with E-state index in [9.17, 15) is 0 Å². The molecule has 2 nitrogen and oxygen atoms in total. The van der Waals surface area contributed by atoms with Crippen LogP contribution in [0, 0.1) is 6.92 Å². The van der Waals surface area contributed by atoms with Crippen molar-refractivity contribution in [1.29, 1.82) is 0 Å². The Morgan fingerprint density at radius 1 is 1.32 bits per heavy atom. The molecule has 1 aliphatic rings. The smallest absolute Gasteiger partial charge is 0.193 e. The number of nitrogens with zero attached hydrogens (tertiary/aromatic N) is 1. The van der Waals surface area contributed by atoms with Crippen molar-refractivity contribution in [3.63, 3.8) is 0 Å². The largest absolute Gasteiger partial charge is 0.405 e. The van der Waals surface area contributed by atoms with Gasteiger partial charge < -0.3 is 4.43 Å². The lowest BCUT2D eigenvalue weighted by Crippen LogP contribution is -2.51. The van der Waals surface area contributed by atoms with E-state index in [1.807, 2.05) is 0 Å². The first-order valence-electron chi connectivity index (χ1n) is 6.91. The molecular weight excluding hydrogens is 338 g/mol. The van der Waals surface area contributed by atoms with Crippen molar-refractivity contribution >= 4 is 35.6 Å². The van der Waals surface area contributed by atoms with Crippen LogP contribution in [0.15, 0.2) is 3.79 Å². The lowest BCUT2D eigenvalue weighted by Gasteiger charge is -2.49. The molecule has 0 aliphatic heterocycles. The maximum atomic E-state index is 6.75. The Bertz CT molecular complexity index is 455. The number of hydrogen-bond acceptors (Lipinski definition) is 3. The second kappa shape index (κ2) is 4.93. The minimum Gasteiger partial charge on any atom is -0.405 e. The molecule has 1 heterocycles. The molecule has 0 spiro atoms. The molecule has 0 aromatic carbocycles. The first-order valence-corrected chi connectivity index (χ1v) is 11.4. The van der Waals surface area contributed by atoms with Crippen molar-refractivity contribution in [2.75, 3.05) is 0 Å². The number of aryl methyl sites for hydroxylation is 1. The number of thiazole rings is 1. The second-order valence-corrected chi connectivity index (χ2v) is 14.1. The van der Waals surface area contributed by atoms with Gasteiger partial charge in [-0.25, -0.2) is 4.98 Å². The predicted octanol–water partition coefficient (Wildman–Crippen LogP) is 5.62. The van der Waals surface area contributed by atoms with Gasteiger partial charge in [0.15, 0.2) is 8.32 Å². The fraction of sp³-hybridized carbons (Fsp3) is 0.786. The first kappa shape index (κ1) is 15.7. The van der Waals surface area contributed by atoms with Crippen LogP contribution < -0.4 is 0 Å². The van der Waals surface area contributed by atoms with Gasteiger partial charge in [-0.3, -0.25) is 0 Å². The van der Waals surface area contributed by atoms with Gasteiger partial charge in [0.05, 0.1) is 9.48 Å². The molecule has 2 rings (SSSR count). The highest BCUT2D eigenvalue weighted by Crippen LogP contribution is 2.52. The summed E-state index contributed by atoms with van der Waals surface area (Å²) in [7, 11) is -1.75. The Hall–Kier alpha value is 0.287. The Morgan fingerprint density at radius 2 is 1.89 bits per heavy atom. The summed E-state index contributed by atoms with van der Waals surface area (Å²) in [4.78, 5) is 4.74. The zero-order chi connectivity index (χ0) is 14.5. The molecule has 0 bridgehead atoms. The van der Waals surface area contributed by atoms with E-state index in [2.05, 4.69) is 56.7 Å². The summed E-state index contributed by atoms with van der Waals surface area (Å²) < 4.78 is 7.89. The molecule has 0 amide bonds. The topological polar surface area (TPSA) is 22.1 Å². The quantitative estimate of drug-likeness (QED) is 0.652. The van der Waals surface area contributed by atoms with Gasteiger partial charge in [-0.1, -0.05) is 20.8 Å². The zero-order valence-electron chi connectivity index (χ0n) is 12.8. The summed E-state index contributed by atoms with van der Waals surface area (Å²) >= 11 is 5.34. The molecule has 1 fully saturated rings. The lowest BCUT2D eigenvalue weighted by molar-refractivity contribution is -0.0255. The van der Waals surface area contributed by atoms with E-state index in [-0.39, 0.29) is 10.6 Å². The van der Waals surface area contributed by atoms with Crippen LogP contribution in [-0.2, 0) is 10.0 Å². The first-order chi connectivity index (χ1) is 8.57. The molecule has 0 unspecified atom stereocenters. The SMILES string of the molecule is Cc1nc(C2(O[Si](C)(C)C(C)(C)C)CCC2)sc1Br. The highest BCUT2D eigenvalue weighted by molar-refractivity contribution is 9.11. The van der Waals surface area contributed by atoms with Gasteiger partial charge >= 0.3 is 0 Å². The number of rotatable bonds is 3. The van der Waals surface area contributed by atoms with Crippen LogP contribution in [0.4, 0.5) is 0 Å². The highest BCUT2D eigenvalue weighted by Gasteiger charge is 2.50. The van der Waals surface area contributed by atoms with Crippen LogP contribution in [0.1, 0.15) is 50.7 Å². The molecule has 108 valence electrons. The summed E-state index contributed by atoms with van der Waals surface area (Å²) in [6, 6.07) is 0. The Kier molecular flexibility index (Phi) is 4.07. The molecule has 1 aromatic heterocycles. The van der Waals surface area contributed by atoms with Crippen LogP contribution in [0.25, 0.3) is 0 Å². The van der Waals surface area contributed by atoms with Crippen LogP contribution in [0.2, 0.25) is 18.1 Å². The van der Waals surface area contributed by atoms with E-state index in [1.165, 1.54) is 11.4 Å². The molecule has 0 saturated heterocycles. The molecule has 19 heavy (non-hydrogen) atoms. The molecule has 0 N–H and O–H groups in total. The summed E-state index contributed by atoms with van der Waals surface area (Å²) in [5.74, 6) is 0. The fourth-order valence-corrected chi connectivity index (χ4v) is 5.26. The number of halogens is 1. The number of hydrogen-bond donors (Lipinski definition) is 0. The standard InChI is InChI=1S/C14H24BrNOSSi/c1-10-11(15)18-12(16-10)14(8-7-9-14)17-19(5,6)13(2,3)4/h7-9H2,1-6H3. The van der Waals surface area contributed by atoms with Crippen molar-refractivity contribution in [2.45, 2.75) is 70.7 Å². The third-order valence-corrected chi connectivity index (χ3v) is 11.3. The van der Waals surface area contributed by atoms with E-state index in [4.69, 9.17) is 9.41 Å². The van der Waals surface area contributed by atoms with Crippen LogP contribution in [0.3, 0.4) is 0 Å². The Balaban J connectivity index is 2.29. The molecule has 0 atom stereocenters. The summed E-state index contributed by atoms with van der Waals surface area (Å²) in [5.41, 5.74) is 0.995. The summed E-state index contributed by atoms with van der Waals surface area (Å²) in [6.07, 6.45) is 3.50. The molecule has 0 radical (unpaired) electrons. The average molecular weight is 362 g/mol. The van der Waals surface area contributed by atoms with E-state index in [0.717, 1.165) is 22.3 Å². The normalized spacial score (nSPS) is 19.3. The van der Waals surface area contributed by atoms with Gasteiger partial charge in [-0.2, -0.15) is 0 Å². The van der Waals surface area contributed by atoms with Crippen molar-refractivity contribution < 1.29 is 4.43 Å². The highest BCUT2D eigenvalue weighted by atomic mass is 79.9. The summed E-state index contributed by atoms with van der Waals surface area (Å²) in [5, 5.41) is 1.42. The van der Waals surface area contributed by atoms with Gasteiger partial charge in [0.1, 0.15) is 10.6 Å². The molecular formula is C14H24BrNOSSi. The summed E-state index contributed by atoms with van der Waals surface area (Å²) in [6.45, 7) is 13.6. The van der Waals surface area contributed by atoms with Crippen LogP contribution >= 0.6 is 27.3 Å². The monoisotopic (exact) mass is 361 g/mol. The van der Waals surface area contributed by atoms with Gasteiger partial charge in [-0.15, -0.1) is 11.3 Å². The average Bonchev–Trinajstić information content (AvgIpc) is 2.51.